The van der Waals surface area contributed by atoms with E-state index in [0.717, 1.165) is 36.8 Å². The Balaban J connectivity index is 1.20. The van der Waals surface area contributed by atoms with Crippen LogP contribution in [-0.2, 0) is 11.2 Å². The lowest BCUT2D eigenvalue weighted by atomic mass is 9.80. The summed E-state index contributed by atoms with van der Waals surface area (Å²) in [6, 6.07) is 13.3. The van der Waals surface area contributed by atoms with Crippen LogP contribution in [0.25, 0.3) is 34.0 Å². The largest absolute Gasteiger partial charge is 0.481 e. The Hall–Kier alpha value is -3.29. The Bertz CT molecular complexity index is 1380. The highest BCUT2D eigenvalue weighted by molar-refractivity contribution is 7.08. The van der Waals surface area contributed by atoms with Crippen LogP contribution in [0.3, 0.4) is 0 Å². The third-order valence-corrected chi connectivity index (χ3v) is 8.10. The Morgan fingerprint density at radius 2 is 1.89 bits per heavy atom. The zero-order valence-electron chi connectivity index (χ0n) is 19.7. The van der Waals surface area contributed by atoms with Gasteiger partial charge in [-0.05, 0) is 108 Å². The van der Waals surface area contributed by atoms with E-state index in [-0.39, 0.29) is 12.0 Å². The van der Waals surface area contributed by atoms with Crippen LogP contribution in [0.1, 0.15) is 47.6 Å². The van der Waals surface area contributed by atoms with E-state index < -0.39 is 5.97 Å². The van der Waals surface area contributed by atoms with Crippen LogP contribution < -0.4 is 5.32 Å². The van der Waals surface area contributed by atoms with Crippen LogP contribution >= 0.6 is 11.3 Å². The maximum Gasteiger partial charge on any atom is 0.306 e. The molecule has 7 heteroatoms. The summed E-state index contributed by atoms with van der Waals surface area (Å²) in [7, 11) is 0. The van der Waals surface area contributed by atoms with Crippen molar-refractivity contribution in [3.63, 3.8) is 0 Å². The first-order valence-electron chi connectivity index (χ1n) is 12.1. The molecule has 4 aromatic rings. The number of rotatable bonds is 6. The molecule has 0 spiro atoms. The lowest BCUT2D eigenvalue weighted by molar-refractivity contribution is -0.145. The van der Waals surface area contributed by atoms with Crippen molar-refractivity contribution in [2.24, 2.45) is 5.92 Å². The first-order chi connectivity index (χ1) is 17.0. The molecule has 2 N–H and O–H groups in total. The molecule has 0 amide bonds. The molecule has 0 aliphatic heterocycles. The first-order valence-corrected chi connectivity index (χ1v) is 13.0. The fourth-order valence-corrected chi connectivity index (χ4v) is 6.22. The predicted molar refractivity (Wildman–Crippen MR) is 136 cm³/mol. The molecule has 178 valence electrons. The summed E-state index contributed by atoms with van der Waals surface area (Å²) in [5.41, 5.74) is 9.37. The number of benzene rings is 2. The van der Waals surface area contributed by atoms with Gasteiger partial charge in [0, 0.05) is 23.2 Å². The number of nitrogens with zero attached hydrogens (tertiary/aromatic N) is 2. The Morgan fingerprint density at radius 3 is 2.60 bits per heavy atom. The molecule has 6 rings (SSSR count). The molecular formula is C28H27N3O3S. The number of aromatic nitrogens is 2. The van der Waals surface area contributed by atoms with Crippen LogP contribution in [0, 0.1) is 19.8 Å². The average Bonchev–Trinajstić information content (AvgIpc) is 3.56. The smallest absolute Gasteiger partial charge is 0.306 e. The minimum atomic E-state index is -0.678. The van der Waals surface area contributed by atoms with Crippen LogP contribution in [0.15, 0.2) is 51.7 Å². The quantitative estimate of drug-likeness (QED) is 0.339. The van der Waals surface area contributed by atoms with Crippen molar-refractivity contribution in [3.8, 4) is 34.0 Å². The van der Waals surface area contributed by atoms with Gasteiger partial charge in [-0.2, -0.15) is 16.3 Å². The number of carboxylic acids is 1. The fraction of sp³-hybridized carbons (Fsp3) is 0.321. The third-order valence-electron chi connectivity index (χ3n) is 7.42. The number of nitrogens with one attached hydrogen (secondary N) is 1. The molecule has 1 atom stereocenters. The summed E-state index contributed by atoms with van der Waals surface area (Å²) in [5, 5.41) is 21.3. The lowest BCUT2D eigenvalue weighted by Crippen LogP contribution is -2.45. The van der Waals surface area contributed by atoms with Crippen molar-refractivity contribution in [1.82, 2.24) is 15.5 Å². The molecule has 0 radical (unpaired) electrons. The van der Waals surface area contributed by atoms with Crippen LogP contribution in [0.4, 0.5) is 0 Å². The second kappa shape index (κ2) is 8.73. The van der Waals surface area contributed by atoms with E-state index in [1.54, 1.807) is 11.3 Å². The maximum absolute atomic E-state index is 11.1. The highest BCUT2D eigenvalue weighted by atomic mass is 32.1. The van der Waals surface area contributed by atoms with Crippen molar-refractivity contribution >= 4 is 17.3 Å². The van der Waals surface area contributed by atoms with Gasteiger partial charge in [-0.1, -0.05) is 17.3 Å². The first kappa shape index (κ1) is 22.2. The molecule has 35 heavy (non-hydrogen) atoms. The number of aliphatic carboxylic acids is 1. The molecule has 2 aliphatic carbocycles. The van der Waals surface area contributed by atoms with Crippen molar-refractivity contribution in [3.05, 3.63) is 69.4 Å². The van der Waals surface area contributed by atoms with Crippen molar-refractivity contribution in [2.45, 2.75) is 51.6 Å². The Labute approximate surface area is 208 Å². The van der Waals surface area contributed by atoms with Gasteiger partial charge in [0.15, 0.2) is 0 Å². The van der Waals surface area contributed by atoms with E-state index in [0.29, 0.717) is 17.8 Å². The van der Waals surface area contributed by atoms with Gasteiger partial charge in [0.25, 0.3) is 5.89 Å². The molecule has 2 heterocycles. The molecule has 1 unspecified atom stereocenters. The van der Waals surface area contributed by atoms with Gasteiger partial charge in [-0.15, -0.1) is 0 Å². The molecule has 1 fully saturated rings. The second-order valence-electron chi connectivity index (χ2n) is 9.80. The lowest BCUT2D eigenvalue weighted by Gasteiger charge is -2.35. The number of fused-ring (bicyclic) bond motifs is 1. The maximum atomic E-state index is 11.1. The highest BCUT2D eigenvalue weighted by Crippen LogP contribution is 2.38. The molecule has 6 nitrogen and oxygen atoms in total. The normalized spacial score (nSPS) is 21.0. The van der Waals surface area contributed by atoms with Crippen molar-refractivity contribution < 1.29 is 14.4 Å². The highest BCUT2D eigenvalue weighted by Gasteiger charge is 2.36. The second-order valence-corrected chi connectivity index (χ2v) is 10.6. The van der Waals surface area contributed by atoms with Crippen LogP contribution in [-0.4, -0.2) is 27.3 Å². The summed E-state index contributed by atoms with van der Waals surface area (Å²) < 4.78 is 5.67. The summed E-state index contributed by atoms with van der Waals surface area (Å²) in [4.78, 5) is 15.8. The van der Waals surface area contributed by atoms with Crippen LogP contribution in [0.2, 0.25) is 0 Å². The molecular weight excluding hydrogens is 458 g/mol. The summed E-state index contributed by atoms with van der Waals surface area (Å²) >= 11 is 1.70. The van der Waals surface area contributed by atoms with Gasteiger partial charge in [0.05, 0.1) is 5.92 Å². The van der Waals surface area contributed by atoms with Gasteiger partial charge in [-0.25, -0.2) is 0 Å². The van der Waals surface area contributed by atoms with Crippen molar-refractivity contribution in [2.75, 3.05) is 0 Å². The van der Waals surface area contributed by atoms with Gasteiger partial charge >= 0.3 is 5.97 Å². The van der Waals surface area contributed by atoms with E-state index in [9.17, 15) is 4.79 Å². The van der Waals surface area contributed by atoms with Crippen LogP contribution in [0.5, 0.6) is 0 Å². The van der Waals surface area contributed by atoms with Gasteiger partial charge in [-0.3, -0.25) is 4.79 Å². The average molecular weight is 486 g/mol. The number of hydrogen-bond donors (Lipinski definition) is 2. The van der Waals surface area contributed by atoms with Gasteiger partial charge in [0.1, 0.15) is 0 Å². The molecule has 2 aromatic heterocycles. The zero-order valence-corrected chi connectivity index (χ0v) is 20.6. The number of carboxylic acid groups (broad SMARTS) is 1. The summed E-state index contributed by atoms with van der Waals surface area (Å²) in [6.07, 6.45) is 3.46. The van der Waals surface area contributed by atoms with Crippen molar-refractivity contribution in [1.29, 1.82) is 0 Å². The third kappa shape index (κ3) is 4.09. The SMILES string of the molecule is Cc1cc(-c2nc(-c3ccc4c(c3)CCC4N[C@H]3C[C@H](C(=O)O)C3)no2)cc(C)c1-c1ccsc1. The molecule has 2 aromatic carbocycles. The molecule has 0 saturated heterocycles. The monoisotopic (exact) mass is 485 g/mol. The summed E-state index contributed by atoms with van der Waals surface area (Å²) in [6.45, 7) is 4.24. The fourth-order valence-electron chi connectivity index (χ4n) is 5.58. The minimum absolute atomic E-state index is 0.192. The molecule has 0 bridgehead atoms. The number of carbonyl (C=O) groups is 1. The van der Waals surface area contributed by atoms with Gasteiger partial charge in [0.2, 0.25) is 5.82 Å². The molecule has 1 saturated carbocycles. The topological polar surface area (TPSA) is 88.2 Å². The Kier molecular flexibility index (Phi) is 5.54. The number of thiophene rings is 1. The number of aryl methyl sites for hydroxylation is 3. The summed E-state index contributed by atoms with van der Waals surface area (Å²) in [5.74, 6) is 0.256. The van der Waals surface area contributed by atoms with E-state index in [1.165, 1.54) is 33.4 Å². The zero-order chi connectivity index (χ0) is 24.1. The predicted octanol–water partition coefficient (Wildman–Crippen LogP) is 6.19. The standard InChI is InChI=1S/C28H27N3O3S/c1-15-9-20(10-16(2)25(15)19-7-8-35-14-19)27-30-26(31-34-27)18-3-5-23-17(11-18)4-6-24(23)29-22-12-21(13-22)28(32)33/h3,5,7-11,14,21-22,24,29H,4,6,12-13H2,1-2H3,(H,32,33)/t21-,22-,24?. The van der Waals surface area contributed by atoms with Gasteiger partial charge < -0.3 is 14.9 Å². The molecule has 2 aliphatic rings. The Morgan fingerprint density at radius 1 is 1.09 bits per heavy atom. The van der Waals surface area contributed by atoms with E-state index in [2.05, 4.69) is 71.5 Å². The van der Waals surface area contributed by atoms with E-state index >= 15 is 0 Å². The van der Waals surface area contributed by atoms with E-state index in [4.69, 9.17) is 14.6 Å². The minimum Gasteiger partial charge on any atom is -0.481 e. The number of hydrogen-bond acceptors (Lipinski definition) is 6. The van der Waals surface area contributed by atoms with E-state index in [1.807, 2.05) is 0 Å².